The summed E-state index contributed by atoms with van der Waals surface area (Å²) in [6, 6.07) is 0. The van der Waals surface area contributed by atoms with Crippen molar-refractivity contribution in [3.8, 4) is 0 Å². The van der Waals surface area contributed by atoms with E-state index in [1.54, 1.807) is 0 Å². The average Bonchev–Trinajstić information content (AvgIpc) is 3.05. The lowest BCUT2D eigenvalue weighted by molar-refractivity contribution is -0.202. The van der Waals surface area contributed by atoms with Gasteiger partial charge in [-0.15, -0.1) is 0 Å². The van der Waals surface area contributed by atoms with Crippen molar-refractivity contribution in [2.45, 2.75) is 71.0 Å². The normalized spacial score (nSPS) is 48.5. The van der Waals surface area contributed by atoms with Crippen LogP contribution in [0.15, 0.2) is 0 Å². The molecule has 0 aromatic rings. The number of ether oxygens (including phenoxy) is 5. The molecule has 7 unspecified atom stereocenters. The lowest BCUT2D eigenvalue weighted by Crippen LogP contribution is -2.41. The fourth-order valence-corrected chi connectivity index (χ4v) is 2.82. The fraction of sp³-hybridized carbons (Fsp3) is 1.00. The molecule has 6 heteroatoms. The van der Waals surface area contributed by atoms with Crippen LogP contribution in [0.3, 0.4) is 0 Å². The Morgan fingerprint density at radius 2 is 1.55 bits per heavy atom. The Bertz CT molecular complexity index is 347. The van der Waals surface area contributed by atoms with E-state index in [2.05, 4.69) is 0 Å². The number of fused-ring (bicyclic) bond motifs is 1. The van der Waals surface area contributed by atoms with Crippen LogP contribution in [0, 0.1) is 11.8 Å². The van der Waals surface area contributed by atoms with Crippen molar-refractivity contribution in [1.29, 1.82) is 0 Å². The second-order valence-electron chi connectivity index (χ2n) is 6.43. The molecule has 6 nitrogen and oxygen atoms in total. The van der Waals surface area contributed by atoms with Gasteiger partial charge in [0.25, 0.3) is 0 Å². The highest BCUT2D eigenvalue weighted by atomic mass is 16.8. The monoisotopic (exact) mass is 288 g/mol. The van der Waals surface area contributed by atoms with Crippen LogP contribution >= 0.6 is 0 Å². The highest BCUT2D eigenvalue weighted by Gasteiger charge is 2.55. The molecular weight excluding hydrogens is 264 g/mol. The summed E-state index contributed by atoms with van der Waals surface area (Å²) in [5, 5.41) is 10.4. The molecule has 0 spiro atoms. The maximum Gasteiger partial charge on any atom is 0.190 e. The van der Waals surface area contributed by atoms with Crippen LogP contribution in [0.25, 0.3) is 0 Å². The molecule has 0 radical (unpaired) electrons. The van der Waals surface area contributed by atoms with Crippen molar-refractivity contribution in [2.75, 3.05) is 6.61 Å². The van der Waals surface area contributed by atoms with E-state index in [9.17, 15) is 5.11 Å². The SMILES string of the molecule is CC(C)C1OCC(C2OC3OC(C(C)C)OC3C2O)O1. The van der Waals surface area contributed by atoms with Gasteiger partial charge in [-0.05, 0) is 0 Å². The van der Waals surface area contributed by atoms with E-state index in [1.807, 2.05) is 27.7 Å². The van der Waals surface area contributed by atoms with Gasteiger partial charge in [-0.25, -0.2) is 0 Å². The van der Waals surface area contributed by atoms with Gasteiger partial charge in [-0.1, -0.05) is 27.7 Å². The zero-order valence-corrected chi connectivity index (χ0v) is 12.4. The highest BCUT2D eigenvalue weighted by molar-refractivity contribution is 4.96. The van der Waals surface area contributed by atoms with Crippen LogP contribution in [0.4, 0.5) is 0 Å². The van der Waals surface area contributed by atoms with Crippen LogP contribution in [-0.4, -0.2) is 55.0 Å². The predicted octanol–water partition coefficient (Wildman–Crippen LogP) is 0.867. The topological polar surface area (TPSA) is 66.4 Å². The summed E-state index contributed by atoms with van der Waals surface area (Å²) in [7, 11) is 0. The first-order valence-electron chi connectivity index (χ1n) is 7.39. The third-order valence-electron chi connectivity index (χ3n) is 3.98. The summed E-state index contributed by atoms with van der Waals surface area (Å²) >= 11 is 0. The van der Waals surface area contributed by atoms with Crippen LogP contribution in [0.1, 0.15) is 27.7 Å². The second kappa shape index (κ2) is 5.51. The highest BCUT2D eigenvalue weighted by Crippen LogP contribution is 2.37. The molecule has 0 saturated carbocycles. The Morgan fingerprint density at radius 1 is 0.850 bits per heavy atom. The van der Waals surface area contributed by atoms with Gasteiger partial charge >= 0.3 is 0 Å². The molecule has 3 rings (SSSR count). The molecule has 3 saturated heterocycles. The smallest absolute Gasteiger partial charge is 0.190 e. The summed E-state index contributed by atoms with van der Waals surface area (Å²) < 4.78 is 28.6. The number of aliphatic hydroxyl groups excluding tert-OH is 1. The van der Waals surface area contributed by atoms with Crippen LogP contribution < -0.4 is 0 Å². The summed E-state index contributed by atoms with van der Waals surface area (Å²) in [5.41, 5.74) is 0. The average molecular weight is 288 g/mol. The molecule has 0 aliphatic carbocycles. The van der Waals surface area contributed by atoms with E-state index in [1.165, 1.54) is 0 Å². The van der Waals surface area contributed by atoms with Crippen molar-refractivity contribution in [2.24, 2.45) is 11.8 Å². The molecule has 20 heavy (non-hydrogen) atoms. The van der Waals surface area contributed by atoms with E-state index >= 15 is 0 Å². The maximum absolute atomic E-state index is 10.4. The number of rotatable bonds is 3. The molecule has 0 bridgehead atoms. The van der Waals surface area contributed by atoms with E-state index in [-0.39, 0.29) is 30.5 Å². The standard InChI is InChI=1S/C14H24O6/c1-6(2)12-16-5-8(17-12)10-9(15)11-14(18-10)20-13(19-11)7(3)4/h6-15H,5H2,1-4H3. The Kier molecular flexibility index (Phi) is 4.05. The Hall–Kier alpha value is -0.240. The molecule has 3 aliphatic rings. The minimum atomic E-state index is -0.747. The Morgan fingerprint density at radius 3 is 2.10 bits per heavy atom. The van der Waals surface area contributed by atoms with Crippen LogP contribution in [0.5, 0.6) is 0 Å². The van der Waals surface area contributed by atoms with Gasteiger partial charge in [0.1, 0.15) is 24.4 Å². The molecule has 1 N–H and O–H groups in total. The Balaban J connectivity index is 1.60. The van der Waals surface area contributed by atoms with Gasteiger partial charge in [-0.3, -0.25) is 0 Å². The molecule has 0 amide bonds. The zero-order chi connectivity index (χ0) is 14.4. The minimum absolute atomic E-state index is 0.228. The van der Waals surface area contributed by atoms with Gasteiger partial charge in [0, 0.05) is 11.8 Å². The largest absolute Gasteiger partial charge is 0.387 e. The summed E-state index contributed by atoms with van der Waals surface area (Å²) in [6.45, 7) is 8.52. The van der Waals surface area contributed by atoms with Gasteiger partial charge in [0.2, 0.25) is 0 Å². The lowest BCUT2D eigenvalue weighted by atomic mass is 10.1. The van der Waals surface area contributed by atoms with Gasteiger partial charge < -0.3 is 28.8 Å². The summed E-state index contributed by atoms with van der Waals surface area (Å²) in [5.74, 6) is 0.502. The molecule has 3 fully saturated rings. The number of hydrogen-bond acceptors (Lipinski definition) is 6. The Labute approximate surface area is 119 Å². The first kappa shape index (κ1) is 14.7. The van der Waals surface area contributed by atoms with E-state index in [0.717, 1.165) is 0 Å². The second-order valence-corrected chi connectivity index (χ2v) is 6.43. The van der Waals surface area contributed by atoms with Crippen molar-refractivity contribution >= 4 is 0 Å². The van der Waals surface area contributed by atoms with Gasteiger partial charge in [0.15, 0.2) is 18.9 Å². The number of hydrogen-bond donors (Lipinski definition) is 1. The first-order valence-corrected chi connectivity index (χ1v) is 7.39. The molecule has 3 heterocycles. The van der Waals surface area contributed by atoms with Crippen molar-refractivity contribution in [3.63, 3.8) is 0 Å². The van der Waals surface area contributed by atoms with E-state index in [0.29, 0.717) is 6.61 Å². The van der Waals surface area contributed by atoms with Crippen LogP contribution in [-0.2, 0) is 23.7 Å². The summed E-state index contributed by atoms with van der Waals surface area (Å²) in [6.07, 6.45) is -2.97. The van der Waals surface area contributed by atoms with Crippen molar-refractivity contribution in [3.05, 3.63) is 0 Å². The minimum Gasteiger partial charge on any atom is -0.387 e. The quantitative estimate of drug-likeness (QED) is 0.831. The fourth-order valence-electron chi connectivity index (χ4n) is 2.82. The van der Waals surface area contributed by atoms with Crippen molar-refractivity contribution in [1.82, 2.24) is 0 Å². The molecule has 116 valence electrons. The molecule has 0 aromatic heterocycles. The van der Waals surface area contributed by atoms with Crippen LogP contribution in [0.2, 0.25) is 0 Å². The molecule has 7 atom stereocenters. The molecule has 3 aliphatic heterocycles. The molecular formula is C14H24O6. The number of aliphatic hydroxyl groups is 1. The van der Waals surface area contributed by atoms with Crippen molar-refractivity contribution < 1.29 is 28.8 Å². The van der Waals surface area contributed by atoms with Gasteiger partial charge in [0.05, 0.1) is 6.61 Å². The third kappa shape index (κ3) is 2.49. The third-order valence-corrected chi connectivity index (χ3v) is 3.98. The predicted molar refractivity (Wildman–Crippen MR) is 68.7 cm³/mol. The lowest BCUT2D eigenvalue weighted by Gasteiger charge is -2.24. The zero-order valence-electron chi connectivity index (χ0n) is 12.4. The van der Waals surface area contributed by atoms with Gasteiger partial charge in [-0.2, -0.15) is 0 Å². The summed E-state index contributed by atoms with van der Waals surface area (Å²) in [4.78, 5) is 0. The van der Waals surface area contributed by atoms with E-state index < -0.39 is 24.6 Å². The first-order chi connectivity index (χ1) is 9.47. The van der Waals surface area contributed by atoms with E-state index in [4.69, 9.17) is 23.7 Å². The maximum atomic E-state index is 10.4. The molecule has 0 aromatic carbocycles.